The molecule has 0 aromatic carbocycles. The Hall–Kier alpha value is -0.120. The molecule has 1 fully saturated rings. The van der Waals surface area contributed by atoms with E-state index in [9.17, 15) is 5.11 Å². The second-order valence-electron chi connectivity index (χ2n) is 5.96. The molecule has 1 aliphatic rings. The Morgan fingerprint density at radius 1 is 1.28 bits per heavy atom. The number of piperidine rings is 1. The SMILES string of the molecule is CCC(CC)(CO)CNCCC1CCCCN1C. The summed E-state index contributed by atoms with van der Waals surface area (Å²) in [6.45, 7) is 7.95. The first-order valence-electron chi connectivity index (χ1n) is 7.69. The molecule has 2 N–H and O–H groups in total. The van der Waals surface area contributed by atoms with E-state index >= 15 is 0 Å². The molecule has 0 spiro atoms. The van der Waals surface area contributed by atoms with Gasteiger partial charge in [-0.1, -0.05) is 20.3 Å². The van der Waals surface area contributed by atoms with E-state index in [4.69, 9.17) is 0 Å². The number of aliphatic hydroxyl groups excluding tert-OH is 1. The summed E-state index contributed by atoms with van der Waals surface area (Å²) in [6, 6.07) is 0.762. The zero-order chi connectivity index (χ0) is 13.4. The fraction of sp³-hybridized carbons (Fsp3) is 1.00. The number of hydrogen-bond acceptors (Lipinski definition) is 3. The predicted molar refractivity (Wildman–Crippen MR) is 77.9 cm³/mol. The molecular formula is C15H32N2O. The van der Waals surface area contributed by atoms with Crippen LogP contribution in [-0.2, 0) is 0 Å². The summed E-state index contributed by atoms with van der Waals surface area (Å²) in [7, 11) is 2.25. The summed E-state index contributed by atoms with van der Waals surface area (Å²) in [5.41, 5.74) is 0.0957. The minimum atomic E-state index is 0.0957. The molecule has 0 aromatic rings. The second-order valence-corrected chi connectivity index (χ2v) is 5.96. The fourth-order valence-electron chi connectivity index (χ4n) is 2.91. The average molecular weight is 256 g/mol. The van der Waals surface area contributed by atoms with Crippen molar-refractivity contribution >= 4 is 0 Å². The summed E-state index contributed by atoms with van der Waals surface area (Å²) in [5.74, 6) is 0. The van der Waals surface area contributed by atoms with Gasteiger partial charge in [0.25, 0.3) is 0 Å². The highest BCUT2D eigenvalue weighted by Crippen LogP contribution is 2.24. The Morgan fingerprint density at radius 2 is 2.00 bits per heavy atom. The number of rotatable bonds is 8. The molecule has 1 rings (SSSR count). The predicted octanol–water partition coefficient (Wildman–Crippen LogP) is 2.25. The van der Waals surface area contributed by atoms with Crippen LogP contribution in [0, 0.1) is 5.41 Å². The lowest BCUT2D eigenvalue weighted by Crippen LogP contribution is -2.41. The van der Waals surface area contributed by atoms with Crippen LogP contribution in [0.25, 0.3) is 0 Å². The third kappa shape index (κ3) is 4.52. The van der Waals surface area contributed by atoms with Crippen LogP contribution in [0.3, 0.4) is 0 Å². The molecule has 1 heterocycles. The van der Waals surface area contributed by atoms with Gasteiger partial charge in [-0.25, -0.2) is 0 Å². The third-order valence-electron chi connectivity index (χ3n) is 4.91. The van der Waals surface area contributed by atoms with Crippen LogP contribution in [0.4, 0.5) is 0 Å². The molecule has 3 nitrogen and oxygen atoms in total. The number of hydrogen-bond donors (Lipinski definition) is 2. The van der Waals surface area contributed by atoms with Gasteiger partial charge in [0.05, 0.1) is 0 Å². The summed E-state index contributed by atoms with van der Waals surface area (Å²) in [5, 5.41) is 13.1. The number of likely N-dealkylation sites (tertiary alicyclic amines) is 1. The Bertz CT molecular complexity index is 208. The number of aliphatic hydroxyl groups is 1. The molecule has 1 unspecified atom stereocenters. The molecular weight excluding hydrogens is 224 g/mol. The Morgan fingerprint density at radius 3 is 2.56 bits per heavy atom. The molecule has 108 valence electrons. The summed E-state index contributed by atoms with van der Waals surface area (Å²) in [6.07, 6.45) is 7.45. The number of nitrogens with zero attached hydrogens (tertiary/aromatic N) is 1. The Kier molecular flexibility index (Phi) is 7.20. The van der Waals surface area contributed by atoms with Gasteiger partial charge in [0.15, 0.2) is 0 Å². The zero-order valence-corrected chi connectivity index (χ0v) is 12.5. The lowest BCUT2D eigenvalue weighted by atomic mass is 9.83. The van der Waals surface area contributed by atoms with Gasteiger partial charge in [0.1, 0.15) is 0 Å². The van der Waals surface area contributed by atoms with Crippen molar-refractivity contribution in [2.45, 2.75) is 58.4 Å². The number of nitrogens with one attached hydrogen (secondary N) is 1. The van der Waals surface area contributed by atoms with Gasteiger partial charge >= 0.3 is 0 Å². The largest absolute Gasteiger partial charge is 0.396 e. The van der Waals surface area contributed by atoms with Crippen molar-refractivity contribution in [2.75, 3.05) is 33.3 Å². The van der Waals surface area contributed by atoms with Crippen LogP contribution in [0.2, 0.25) is 0 Å². The molecule has 0 aliphatic carbocycles. The van der Waals surface area contributed by atoms with Gasteiger partial charge in [-0.15, -0.1) is 0 Å². The molecule has 0 radical (unpaired) electrons. The minimum Gasteiger partial charge on any atom is -0.396 e. The molecule has 1 atom stereocenters. The van der Waals surface area contributed by atoms with Gasteiger partial charge in [-0.2, -0.15) is 0 Å². The Labute approximate surface area is 113 Å². The van der Waals surface area contributed by atoms with Crippen molar-refractivity contribution in [2.24, 2.45) is 5.41 Å². The summed E-state index contributed by atoms with van der Waals surface area (Å²) >= 11 is 0. The van der Waals surface area contributed by atoms with E-state index in [-0.39, 0.29) is 5.41 Å². The van der Waals surface area contributed by atoms with E-state index in [0.717, 1.165) is 32.0 Å². The van der Waals surface area contributed by atoms with Crippen LogP contribution >= 0.6 is 0 Å². The fourth-order valence-corrected chi connectivity index (χ4v) is 2.91. The molecule has 1 aliphatic heterocycles. The first-order chi connectivity index (χ1) is 8.67. The quantitative estimate of drug-likeness (QED) is 0.654. The third-order valence-corrected chi connectivity index (χ3v) is 4.91. The van der Waals surface area contributed by atoms with Crippen molar-refractivity contribution in [3.05, 3.63) is 0 Å². The second kappa shape index (κ2) is 8.13. The van der Waals surface area contributed by atoms with Crippen molar-refractivity contribution in [1.82, 2.24) is 10.2 Å². The van der Waals surface area contributed by atoms with Gasteiger partial charge in [0.2, 0.25) is 0 Å². The summed E-state index contributed by atoms with van der Waals surface area (Å²) < 4.78 is 0. The van der Waals surface area contributed by atoms with Crippen LogP contribution in [0.5, 0.6) is 0 Å². The van der Waals surface area contributed by atoms with Gasteiger partial charge in [-0.3, -0.25) is 0 Å². The minimum absolute atomic E-state index is 0.0957. The van der Waals surface area contributed by atoms with Gasteiger partial charge < -0.3 is 15.3 Å². The maximum atomic E-state index is 9.52. The molecule has 0 bridgehead atoms. The first kappa shape index (κ1) is 15.9. The molecule has 0 amide bonds. The van der Waals surface area contributed by atoms with Crippen LogP contribution < -0.4 is 5.32 Å². The van der Waals surface area contributed by atoms with Crippen molar-refractivity contribution < 1.29 is 5.11 Å². The van der Waals surface area contributed by atoms with E-state index in [0.29, 0.717) is 6.61 Å². The van der Waals surface area contributed by atoms with E-state index in [1.165, 1.54) is 32.2 Å². The maximum Gasteiger partial charge on any atom is 0.0499 e. The smallest absolute Gasteiger partial charge is 0.0499 e. The Balaban J connectivity index is 2.20. The molecule has 0 aromatic heterocycles. The lowest BCUT2D eigenvalue weighted by molar-refractivity contribution is 0.111. The van der Waals surface area contributed by atoms with E-state index in [1.54, 1.807) is 0 Å². The highest BCUT2D eigenvalue weighted by molar-refractivity contribution is 4.79. The van der Waals surface area contributed by atoms with E-state index in [2.05, 4.69) is 31.1 Å². The monoisotopic (exact) mass is 256 g/mol. The first-order valence-corrected chi connectivity index (χ1v) is 7.69. The van der Waals surface area contributed by atoms with Crippen molar-refractivity contribution in [3.8, 4) is 0 Å². The van der Waals surface area contributed by atoms with Gasteiger partial charge in [-0.05, 0) is 52.2 Å². The van der Waals surface area contributed by atoms with Crippen LogP contribution in [0.1, 0.15) is 52.4 Å². The topological polar surface area (TPSA) is 35.5 Å². The van der Waals surface area contributed by atoms with Crippen molar-refractivity contribution in [1.29, 1.82) is 0 Å². The van der Waals surface area contributed by atoms with E-state index in [1.807, 2.05) is 0 Å². The lowest BCUT2D eigenvalue weighted by Gasteiger charge is -2.33. The average Bonchev–Trinajstić information content (AvgIpc) is 2.42. The van der Waals surface area contributed by atoms with Crippen LogP contribution in [-0.4, -0.2) is 49.3 Å². The normalized spacial score (nSPS) is 22.3. The highest BCUT2D eigenvalue weighted by Gasteiger charge is 2.25. The van der Waals surface area contributed by atoms with Crippen LogP contribution in [0.15, 0.2) is 0 Å². The molecule has 3 heteroatoms. The maximum absolute atomic E-state index is 9.52. The molecule has 1 saturated heterocycles. The van der Waals surface area contributed by atoms with Gasteiger partial charge in [0, 0.05) is 24.6 Å². The zero-order valence-electron chi connectivity index (χ0n) is 12.5. The molecule has 0 saturated carbocycles. The standard InChI is InChI=1S/C15H32N2O/c1-4-15(5-2,13-18)12-16-10-9-14-8-6-7-11-17(14)3/h14,16,18H,4-13H2,1-3H3. The highest BCUT2D eigenvalue weighted by atomic mass is 16.3. The van der Waals surface area contributed by atoms with E-state index < -0.39 is 0 Å². The summed E-state index contributed by atoms with van der Waals surface area (Å²) in [4.78, 5) is 2.50. The van der Waals surface area contributed by atoms with Crippen molar-refractivity contribution in [3.63, 3.8) is 0 Å². The molecule has 18 heavy (non-hydrogen) atoms.